The minimum Gasteiger partial charge on any atom is -0.492 e. The number of nitriles is 1. The van der Waals surface area contributed by atoms with Crippen LogP contribution in [-0.4, -0.2) is 41.6 Å². The number of thiazole rings is 1. The third-order valence-corrected chi connectivity index (χ3v) is 10.3. The number of hydrogen-bond donors (Lipinski definition) is 2. The van der Waals surface area contributed by atoms with Crippen LogP contribution < -0.4 is 25.3 Å². The number of nitrogens with two attached hydrogens (primary N) is 1. The topological polar surface area (TPSA) is 119 Å². The molecule has 0 spiro atoms. The summed E-state index contributed by atoms with van der Waals surface area (Å²) in [6.45, 7) is 6.37. The summed E-state index contributed by atoms with van der Waals surface area (Å²) in [4.78, 5) is 10.8. The van der Waals surface area contributed by atoms with Crippen LogP contribution in [0.2, 0.25) is 10.0 Å². The Morgan fingerprint density at radius 2 is 1.80 bits per heavy atom. The number of piperidine rings is 1. The van der Waals surface area contributed by atoms with Gasteiger partial charge in [-0.25, -0.2) is 4.98 Å². The smallest absolute Gasteiger partial charge is 0.180 e. The first kappa shape index (κ1) is 36.4. The number of nitrogens with zero attached hydrogens (tertiary/aromatic N) is 4. The Hall–Kier alpha value is -4.37. The second-order valence-electron chi connectivity index (χ2n) is 12.7. The Morgan fingerprint density at radius 1 is 0.980 bits per heavy atom. The largest absolute Gasteiger partial charge is 0.492 e. The quantitative estimate of drug-likeness (QED) is 0.116. The summed E-state index contributed by atoms with van der Waals surface area (Å²) < 4.78 is 18.9. The molecule has 2 aromatic heterocycles. The van der Waals surface area contributed by atoms with E-state index in [1.807, 2.05) is 47.8 Å². The minimum atomic E-state index is 0.210. The number of benzene rings is 3. The molecule has 0 aliphatic carbocycles. The maximum absolute atomic E-state index is 9.31. The van der Waals surface area contributed by atoms with Gasteiger partial charge < -0.3 is 30.2 Å². The number of rotatable bonds is 14. The van der Waals surface area contributed by atoms with Crippen molar-refractivity contribution in [2.45, 2.75) is 46.1 Å². The average Bonchev–Trinajstić information content (AvgIpc) is 3.55. The second kappa shape index (κ2) is 17.2. The zero-order valence-electron chi connectivity index (χ0n) is 28.6. The lowest BCUT2D eigenvalue weighted by Gasteiger charge is -2.29. The number of pyridine rings is 1. The van der Waals surface area contributed by atoms with Crippen molar-refractivity contribution in [1.82, 2.24) is 20.2 Å². The molecule has 12 heteroatoms. The molecule has 1 saturated heterocycles. The maximum atomic E-state index is 9.31. The van der Waals surface area contributed by atoms with Gasteiger partial charge in [0.15, 0.2) is 5.13 Å². The first-order chi connectivity index (χ1) is 24.8. The molecule has 6 rings (SSSR count). The van der Waals surface area contributed by atoms with E-state index >= 15 is 0 Å². The highest BCUT2D eigenvalue weighted by atomic mass is 35.5. The highest BCUT2D eigenvalue weighted by molar-refractivity contribution is 7.13. The Kier molecular flexibility index (Phi) is 12.3. The predicted octanol–water partition coefficient (Wildman–Crippen LogP) is 8.44. The Labute approximate surface area is 312 Å². The number of nitrogens with one attached hydrogen (secondary N) is 1. The number of ether oxygens (including phenoxy) is 3. The van der Waals surface area contributed by atoms with Crippen molar-refractivity contribution in [3.63, 3.8) is 0 Å². The van der Waals surface area contributed by atoms with Crippen LogP contribution >= 0.6 is 34.5 Å². The molecule has 0 radical (unpaired) electrons. The lowest BCUT2D eigenvalue weighted by Crippen LogP contribution is -2.34. The fourth-order valence-corrected chi connectivity index (χ4v) is 7.30. The Bertz CT molecular complexity index is 2020. The molecule has 1 atom stereocenters. The standard InChI is InChI=1S/C39H40Cl2N6O3S/c1-25-29(7-3-8-32(25)33-9-4-10-35(38(33)41)48-21-26-6-5-11-47(2)20-26)23-50-37-14-36(49-22-28-12-27(15-42)16-44-17-28)30(13-34(37)40)18-45-19-31-24-51-39(43)46-31/h3-4,7-10,12-14,16-17,24,26,45H,5-6,11,18-23H2,1-2H3,(H2,43,46). The Balaban J connectivity index is 1.18. The third kappa shape index (κ3) is 9.50. The second-order valence-corrected chi connectivity index (χ2v) is 14.4. The van der Waals surface area contributed by atoms with Gasteiger partial charge >= 0.3 is 0 Å². The van der Waals surface area contributed by atoms with Crippen LogP contribution in [0.15, 0.2) is 72.4 Å². The van der Waals surface area contributed by atoms with Crippen LogP contribution in [0.1, 0.15) is 46.4 Å². The van der Waals surface area contributed by atoms with Crippen molar-refractivity contribution in [3.8, 4) is 34.4 Å². The first-order valence-electron chi connectivity index (χ1n) is 16.8. The summed E-state index contributed by atoms with van der Waals surface area (Å²) in [6, 6.07) is 19.6. The van der Waals surface area contributed by atoms with Crippen molar-refractivity contribution in [2.24, 2.45) is 5.92 Å². The fourth-order valence-electron chi connectivity index (χ4n) is 6.21. The molecule has 51 heavy (non-hydrogen) atoms. The van der Waals surface area contributed by atoms with E-state index in [0.717, 1.165) is 58.6 Å². The Morgan fingerprint density at radius 3 is 2.61 bits per heavy atom. The normalized spacial score (nSPS) is 14.6. The van der Waals surface area contributed by atoms with Crippen LogP contribution in [0.3, 0.4) is 0 Å². The third-order valence-electron chi connectivity index (χ3n) is 8.90. The molecule has 1 aliphatic heterocycles. The van der Waals surface area contributed by atoms with Gasteiger partial charge in [0.2, 0.25) is 0 Å². The number of hydrogen-bond acceptors (Lipinski definition) is 10. The zero-order valence-corrected chi connectivity index (χ0v) is 31.0. The molecule has 3 N–H and O–H groups in total. The molecule has 0 amide bonds. The number of likely N-dealkylation sites (tertiary alicyclic amines) is 1. The van der Waals surface area contributed by atoms with Gasteiger partial charge in [-0.1, -0.05) is 53.5 Å². The summed E-state index contributed by atoms with van der Waals surface area (Å²) in [6.07, 6.45) is 5.55. The average molecular weight is 744 g/mol. The lowest BCUT2D eigenvalue weighted by molar-refractivity contribution is 0.150. The molecular weight excluding hydrogens is 703 g/mol. The van der Waals surface area contributed by atoms with E-state index in [0.29, 0.717) is 63.6 Å². The minimum absolute atomic E-state index is 0.210. The van der Waals surface area contributed by atoms with E-state index in [9.17, 15) is 5.26 Å². The van der Waals surface area contributed by atoms with Crippen molar-refractivity contribution in [1.29, 1.82) is 5.26 Å². The van der Waals surface area contributed by atoms with Crippen LogP contribution in [0.4, 0.5) is 5.13 Å². The molecule has 1 aliphatic rings. The van der Waals surface area contributed by atoms with Crippen molar-refractivity contribution < 1.29 is 14.2 Å². The molecule has 264 valence electrons. The van der Waals surface area contributed by atoms with E-state index in [4.69, 9.17) is 43.1 Å². The van der Waals surface area contributed by atoms with Gasteiger partial charge in [0.1, 0.15) is 36.5 Å². The van der Waals surface area contributed by atoms with Crippen LogP contribution in [0.5, 0.6) is 17.2 Å². The van der Waals surface area contributed by atoms with E-state index in [1.54, 1.807) is 12.3 Å². The van der Waals surface area contributed by atoms with Gasteiger partial charge in [-0.2, -0.15) is 5.26 Å². The molecular formula is C39H40Cl2N6O3S. The summed E-state index contributed by atoms with van der Waals surface area (Å²) in [5.74, 6) is 2.27. The summed E-state index contributed by atoms with van der Waals surface area (Å²) in [5.41, 5.74) is 12.7. The van der Waals surface area contributed by atoms with Crippen LogP contribution in [0, 0.1) is 24.2 Å². The number of halogens is 2. The number of aromatic nitrogens is 2. The highest BCUT2D eigenvalue weighted by Gasteiger charge is 2.20. The fraction of sp³-hybridized carbons (Fsp3) is 0.308. The van der Waals surface area contributed by atoms with E-state index in [1.165, 1.54) is 24.0 Å². The SMILES string of the molecule is Cc1c(COc2cc(OCc3cncc(C#N)c3)c(CNCc3csc(N)n3)cc2Cl)cccc1-c1cccc(OCC2CCCN(C)C2)c1Cl. The molecule has 0 saturated carbocycles. The molecule has 3 heterocycles. The van der Waals surface area contributed by atoms with Gasteiger partial charge in [-0.15, -0.1) is 11.3 Å². The van der Waals surface area contributed by atoms with Gasteiger partial charge in [-0.05, 0) is 68.2 Å². The summed E-state index contributed by atoms with van der Waals surface area (Å²) >= 11 is 15.2. The molecule has 1 fully saturated rings. The highest BCUT2D eigenvalue weighted by Crippen LogP contribution is 2.39. The summed E-state index contributed by atoms with van der Waals surface area (Å²) in [7, 11) is 2.16. The van der Waals surface area contributed by atoms with Gasteiger partial charge in [0, 0.05) is 66.1 Å². The van der Waals surface area contributed by atoms with Crippen LogP contribution in [-0.2, 0) is 26.3 Å². The lowest BCUT2D eigenvalue weighted by atomic mass is 9.96. The van der Waals surface area contributed by atoms with E-state index in [-0.39, 0.29) is 13.2 Å². The van der Waals surface area contributed by atoms with Gasteiger partial charge in [0.25, 0.3) is 0 Å². The number of nitrogen functional groups attached to an aromatic ring is 1. The zero-order chi connectivity index (χ0) is 35.7. The van der Waals surface area contributed by atoms with Gasteiger partial charge in [-0.3, -0.25) is 4.98 Å². The predicted molar refractivity (Wildman–Crippen MR) is 203 cm³/mol. The van der Waals surface area contributed by atoms with E-state index in [2.05, 4.69) is 46.3 Å². The summed E-state index contributed by atoms with van der Waals surface area (Å²) in [5, 5.41) is 16.2. The van der Waals surface area contributed by atoms with Crippen LogP contribution in [0.25, 0.3) is 11.1 Å². The maximum Gasteiger partial charge on any atom is 0.180 e. The molecule has 9 nitrogen and oxygen atoms in total. The molecule has 3 aromatic carbocycles. The van der Waals surface area contributed by atoms with Crippen molar-refractivity contribution in [2.75, 3.05) is 32.5 Å². The molecule has 5 aromatic rings. The number of anilines is 1. The molecule has 1 unspecified atom stereocenters. The van der Waals surface area contributed by atoms with Gasteiger partial charge in [0.05, 0.1) is 27.9 Å². The molecule has 0 bridgehead atoms. The monoisotopic (exact) mass is 742 g/mol. The van der Waals surface area contributed by atoms with Crippen molar-refractivity contribution in [3.05, 3.63) is 116 Å². The first-order valence-corrected chi connectivity index (χ1v) is 18.4. The van der Waals surface area contributed by atoms with E-state index < -0.39 is 0 Å². The van der Waals surface area contributed by atoms with Crippen molar-refractivity contribution >= 4 is 39.7 Å².